The van der Waals surface area contributed by atoms with Crippen LogP contribution in [-0.4, -0.2) is 59.5 Å². The summed E-state index contributed by atoms with van der Waals surface area (Å²) in [6.45, 7) is 3.02. The van der Waals surface area contributed by atoms with Gasteiger partial charge in [0.25, 0.3) is 0 Å². The zero-order valence-electron chi connectivity index (χ0n) is 12.9. The minimum Gasteiger partial charge on any atom is -0.338 e. The van der Waals surface area contributed by atoms with E-state index in [4.69, 9.17) is 4.52 Å². The summed E-state index contributed by atoms with van der Waals surface area (Å²) < 4.78 is 5.43. The molecule has 2 aliphatic rings. The second kappa shape index (κ2) is 6.23. The summed E-state index contributed by atoms with van der Waals surface area (Å²) in [5.74, 6) is 1.33. The highest BCUT2D eigenvalue weighted by Gasteiger charge is 2.32. The third kappa shape index (κ3) is 3.16. The highest BCUT2D eigenvalue weighted by atomic mass is 16.5. The van der Waals surface area contributed by atoms with Crippen LogP contribution in [0, 0.1) is 0 Å². The van der Waals surface area contributed by atoms with Gasteiger partial charge in [-0.1, -0.05) is 11.6 Å². The molecular weight excluding hydrogens is 268 g/mol. The van der Waals surface area contributed by atoms with Crippen molar-refractivity contribution in [2.45, 2.75) is 44.1 Å². The number of carbonyl (C=O) groups is 1. The van der Waals surface area contributed by atoms with Gasteiger partial charge in [-0.3, -0.25) is 9.69 Å². The lowest BCUT2D eigenvalue weighted by atomic mass is 9.88. The van der Waals surface area contributed by atoms with Gasteiger partial charge in [-0.2, -0.15) is 4.98 Å². The van der Waals surface area contributed by atoms with E-state index >= 15 is 0 Å². The number of ketones is 1. The van der Waals surface area contributed by atoms with E-state index in [1.54, 1.807) is 0 Å². The number of carbonyl (C=O) groups excluding carboxylic acids is 1. The smallest absolute Gasteiger partial charge is 0.237 e. The first-order valence-corrected chi connectivity index (χ1v) is 7.90. The summed E-state index contributed by atoms with van der Waals surface area (Å²) in [4.78, 5) is 21.2. The molecule has 1 aliphatic carbocycles. The van der Waals surface area contributed by atoms with E-state index in [1.165, 1.54) is 0 Å². The monoisotopic (exact) mass is 292 g/mol. The second-order valence-electron chi connectivity index (χ2n) is 6.37. The quantitative estimate of drug-likeness (QED) is 0.825. The maximum Gasteiger partial charge on any atom is 0.237 e. The molecule has 116 valence electrons. The zero-order valence-corrected chi connectivity index (χ0v) is 12.9. The van der Waals surface area contributed by atoms with Crippen LogP contribution in [0.1, 0.15) is 55.8 Å². The molecule has 0 spiro atoms. The van der Waals surface area contributed by atoms with Gasteiger partial charge in [0.1, 0.15) is 5.78 Å². The zero-order chi connectivity index (χ0) is 14.8. The number of likely N-dealkylation sites (N-methyl/N-ethyl adjacent to an activating group) is 2. The minimum atomic E-state index is -0.172. The van der Waals surface area contributed by atoms with Crippen LogP contribution in [-0.2, 0) is 4.79 Å². The van der Waals surface area contributed by atoms with Gasteiger partial charge in [0, 0.05) is 13.0 Å². The highest BCUT2D eigenvalue weighted by Crippen LogP contribution is 2.30. The topological polar surface area (TPSA) is 62.5 Å². The van der Waals surface area contributed by atoms with Crippen LogP contribution >= 0.6 is 0 Å². The van der Waals surface area contributed by atoms with E-state index < -0.39 is 0 Å². The van der Waals surface area contributed by atoms with E-state index in [2.05, 4.69) is 34.0 Å². The van der Waals surface area contributed by atoms with Crippen molar-refractivity contribution in [1.29, 1.82) is 0 Å². The molecule has 2 unspecified atom stereocenters. The molecule has 1 aliphatic heterocycles. The van der Waals surface area contributed by atoms with Gasteiger partial charge in [0.05, 0.1) is 12.0 Å². The Morgan fingerprint density at radius 1 is 1.19 bits per heavy atom. The molecule has 0 radical (unpaired) electrons. The van der Waals surface area contributed by atoms with Crippen molar-refractivity contribution in [2.24, 2.45) is 0 Å². The molecular formula is C15H24N4O2. The normalized spacial score (nSPS) is 29.5. The molecule has 1 saturated heterocycles. The molecule has 0 amide bonds. The van der Waals surface area contributed by atoms with Gasteiger partial charge in [-0.05, 0) is 46.4 Å². The first kappa shape index (κ1) is 14.7. The summed E-state index contributed by atoms with van der Waals surface area (Å²) in [5, 5.41) is 4.17. The average Bonchev–Trinajstić information content (AvgIpc) is 2.88. The molecule has 2 heterocycles. The standard InChI is InChI=1S/C15H24N4O2/c1-18-8-5-9-19(2)12(10-18)14-16-15(21-17-14)11-6-3-4-7-13(11)20/h11-12H,3-10H2,1-2H3. The average molecular weight is 292 g/mol. The Bertz CT molecular complexity index is 502. The number of nitrogens with zero attached hydrogens (tertiary/aromatic N) is 4. The first-order chi connectivity index (χ1) is 10.1. The molecule has 6 nitrogen and oxygen atoms in total. The molecule has 2 atom stereocenters. The molecule has 0 N–H and O–H groups in total. The second-order valence-corrected chi connectivity index (χ2v) is 6.37. The van der Waals surface area contributed by atoms with Crippen molar-refractivity contribution in [3.63, 3.8) is 0 Å². The van der Waals surface area contributed by atoms with Crippen LogP contribution < -0.4 is 0 Å². The Balaban J connectivity index is 1.78. The Kier molecular flexibility index (Phi) is 4.35. The first-order valence-electron chi connectivity index (χ1n) is 7.90. The third-order valence-corrected chi connectivity index (χ3v) is 4.68. The summed E-state index contributed by atoms with van der Waals surface area (Å²) in [7, 11) is 4.23. The van der Waals surface area contributed by atoms with E-state index in [9.17, 15) is 4.79 Å². The van der Waals surface area contributed by atoms with Crippen molar-refractivity contribution >= 4 is 5.78 Å². The molecule has 0 aromatic carbocycles. The largest absolute Gasteiger partial charge is 0.338 e. The molecule has 6 heteroatoms. The fourth-order valence-electron chi connectivity index (χ4n) is 3.32. The van der Waals surface area contributed by atoms with Crippen LogP contribution in [0.25, 0.3) is 0 Å². The van der Waals surface area contributed by atoms with Crippen molar-refractivity contribution in [3.8, 4) is 0 Å². The maximum absolute atomic E-state index is 12.0. The number of hydrogen-bond acceptors (Lipinski definition) is 6. The predicted octanol–water partition coefficient (Wildman–Crippen LogP) is 1.60. The van der Waals surface area contributed by atoms with Crippen LogP contribution in [0.2, 0.25) is 0 Å². The molecule has 2 fully saturated rings. The summed E-state index contributed by atoms with van der Waals surface area (Å²) in [6, 6.07) is 0.147. The van der Waals surface area contributed by atoms with E-state index in [0.29, 0.717) is 12.3 Å². The SMILES string of the molecule is CN1CCCN(C)C(c2noc(C3CCCCC3=O)n2)C1. The minimum absolute atomic E-state index is 0.147. The molecule has 21 heavy (non-hydrogen) atoms. The van der Waals surface area contributed by atoms with Crippen LogP contribution in [0.15, 0.2) is 4.52 Å². The molecule has 1 aromatic heterocycles. The van der Waals surface area contributed by atoms with Gasteiger partial charge < -0.3 is 9.42 Å². The Morgan fingerprint density at radius 3 is 2.86 bits per heavy atom. The molecule has 3 rings (SSSR count). The lowest BCUT2D eigenvalue weighted by Crippen LogP contribution is -2.31. The third-order valence-electron chi connectivity index (χ3n) is 4.68. The van der Waals surface area contributed by atoms with Gasteiger partial charge in [0.15, 0.2) is 5.82 Å². The van der Waals surface area contributed by atoms with Crippen LogP contribution in [0.5, 0.6) is 0 Å². The van der Waals surface area contributed by atoms with Gasteiger partial charge in [0.2, 0.25) is 5.89 Å². The maximum atomic E-state index is 12.0. The lowest BCUT2D eigenvalue weighted by Gasteiger charge is -2.24. The van der Waals surface area contributed by atoms with Gasteiger partial charge in [-0.25, -0.2) is 0 Å². The Hall–Kier alpha value is -1.27. The summed E-state index contributed by atoms with van der Waals surface area (Å²) in [5.41, 5.74) is 0. The van der Waals surface area contributed by atoms with E-state index in [-0.39, 0.29) is 17.7 Å². The van der Waals surface area contributed by atoms with Crippen molar-refractivity contribution < 1.29 is 9.32 Å². The van der Waals surface area contributed by atoms with E-state index in [0.717, 1.165) is 51.1 Å². The van der Waals surface area contributed by atoms with E-state index in [1.807, 2.05) is 0 Å². The van der Waals surface area contributed by atoms with Crippen LogP contribution in [0.3, 0.4) is 0 Å². The lowest BCUT2D eigenvalue weighted by molar-refractivity contribution is -0.122. The van der Waals surface area contributed by atoms with Gasteiger partial charge >= 0.3 is 0 Å². The Morgan fingerprint density at radius 2 is 2.05 bits per heavy atom. The van der Waals surface area contributed by atoms with Gasteiger partial charge in [-0.15, -0.1) is 0 Å². The van der Waals surface area contributed by atoms with Crippen LogP contribution in [0.4, 0.5) is 0 Å². The van der Waals surface area contributed by atoms with Crippen molar-refractivity contribution in [1.82, 2.24) is 19.9 Å². The molecule has 1 saturated carbocycles. The highest BCUT2D eigenvalue weighted by molar-refractivity contribution is 5.85. The Labute approximate surface area is 125 Å². The molecule has 0 bridgehead atoms. The number of rotatable bonds is 2. The van der Waals surface area contributed by atoms with Crippen molar-refractivity contribution in [3.05, 3.63) is 11.7 Å². The predicted molar refractivity (Wildman–Crippen MR) is 78.0 cm³/mol. The van der Waals surface area contributed by atoms with Crippen molar-refractivity contribution in [2.75, 3.05) is 33.7 Å². The molecule has 1 aromatic rings. The summed E-state index contributed by atoms with van der Waals surface area (Å²) in [6.07, 6.45) is 4.71. The number of Topliss-reactive ketones (excluding diaryl/α,β-unsaturated/α-hetero) is 1. The number of hydrogen-bond donors (Lipinski definition) is 0. The fourth-order valence-corrected chi connectivity index (χ4v) is 3.32. The number of aromatic nitrogens is 2. The fraction of sp³-hybridized carbons (Fsp3) is 0.800. The summed E-state index contributed by atoms with van der Waals surface area (Å²) >= 11 is 0.